The highest BCUT2D eigenvalue weighted by Gasteiger charge is 2.20. The number of carbonyl (C=O) groups is 1. The Hall–Kier alpha value is -1.06. The molecule has 1 aromatic carbocycles. The quantitative estimate of drug-likeness (QED) is 0.833. The van der Waals surface area contributed by atoms with E-state index >= 15 is 0 Å². The lowest BCUT2D eigenvalue weighted by atomic mass is 10.1. The van der Waals surface area contributed by atoms with Gasteiger partial charge in [-0.3, -0.25) is 4.79 Å². The zero-order valence-corrected chi connectivity index (χ0v) is 12.2. The molecular formula is C14H22ClN2O+. The largest absolute Gasteiger partial charge is 0.349 e. The molecule has 0 aromatic heterocycles. The van der Waals surface area contributed by atoms with Crippen molar-refractivity contribution in [2.75, 3.05) is 13.6 Å². The van der Waals surface area contributed by atoms with Gasteiger partial charge in [-0.25, -0.2) is 0 Å². The Bertz CT molecular complexity index is 407. The fourth-order valence-corrected chi connectivity index (χ4v) is 2.17. The van der Waals surface area contributed by atoms with Gasteiger partial charge in [0.25, 0.3) is 5.91 Å². The van der Waals surface area contributed by atoms with Gasteiger partial charge >= 0.3 is 0 Å². The average Bonchev–Trinajstić information content (AvgIpc) is 2.27. The molecule has 0 fully saturated rings. The summed E-state index contributed by atoms with van der Waals surface area (Å²) in [7, 11) is 2.01. The van der Waals surface area contributed by atoms with Crippen LogP contribution in [0.4, 0.5) is 0 Å². The molecule has 1 rings (SSSR count). The Balaban J connectivity index is 2.64. The summed E-state index contributed by atoms with van der Waals surface area (Å²) < 4.78 is 0. The SMILES string of the molecule is CC(C)NC(=O)C[NH+](C)[C@@H](C)c1ccccc1Cl. The molecule has 0 saturated heterocycles. The summed E-state index contributed by atoms with van der Waals surface area (Å²) in [5, 5.41) is 3.66. The number of carbonyl (C=O) groups excluding carboxylic acids is 1. The highest BCUT2D eigenvalue weighted by atomic mass is 35.5. The monoisotopic (exact) mass is 269 g/mol. The summed E-state index contributed by atoms with van der Waals surface area (Å²) in [6.45, 7) is 6.46. The van der Waals surface area contributed by atoms with E-state index in [9.17, 15) is 4.79 Å². The topological polar surface area (TPSA) is 33.5 Å². The molecule has 1 aromatic rings. The zero-order valence-electron chi connectivity index (χ0n) is 11.5. The van der Waals surface area contributed by atoms with Crippen LogP contribution in [0, 0.1) is 0 Å². The van der Waals surface area contributed by atoms with Gasteiger partial charge in [-0.2, -0.15) is 0 Å². The van der Waals surface area contributed by atoms with Crippen LogP contribution in [0.25, 0.3) is 0 Å². The van der Waals surface area contributed by atoms with E-state index in [1.807, 2.05) is 45.2 Å². The maximum absolute atomic E-state index is 11.7. The van der Waals surface area contributed by atoms with Crippen LogP contribution in [0.5, 0.6) is 0 Å². The molecule has 0 heterocycles. The van der Waals surface area contributed by atoms with Crippen molar-refractivity contribution in [3.05, 3.63) is 34.9 Å². The molecule has 0 radical (unpaired) electrons. The molecule has 0 aliphatic heterocycles. The Kier molecular flexibility index (Phi) is 5.63. The number of amides is 1. The Labute approximate surface area is 114 Å². The van der Waals surface area contributed by atoms with Gasteiger partial charge in [0.15, 0.2) is 6.54 Å². The van der Waals surface area contributed by atoms with E-state index < -0.39 is 0 Å². The van der Waals surface area contributed by atoms with E-state index in [2.05, 4.69) is 12.2 Å². The average molecular weight is 270 g/mol. The van der Waals surface area contributed by atoms with Crippen LogP contribution >= 0.6 is 11.6 Å². The fourth-order valence-electron chi connectivity index (χ4n) is 1.87. The maximum Gasteiger partial charge on any atom is 0.275 e. The van der Waals surface area contributed by atoms with Crippen molar-refractivity contribution in [2.45, 2.75) is 32.9 Å². The van der Waals surface area contributed by atoms with Crippen LogP contribution in [0.2, 0.25) is 5.02 Å². The third kappa shape index (κ3) is 4.31. The van der Waals surface area contributed by atoms with Gasteiger partial charge in [0.1, 0.15) is 6.04 Å². The summed E-state index contributed by atoms with van der Waals surface area (Å²) in [5.74, 6) is 0.0707. The standard InChI is InChI=1S/C14H21ClN2O/c1-10(2)16-14(18)9-17(4)11(3)12-7-5-6-8-13(12)15/h5-8,10-11H,9H2,1-4H3,(H,16,18)/p+1/t11-/m0/s1. The first-order valence-electron chi connectivity index (χ1n) is 6.28. The van der Waals surface area contributed by atoms with Crippen LogP contribution in [0.15, 0.2) is 24.3 Å². The first kappa shape index (κ1) is 15.0. The van der Waals surface area contributed by atoms with E-state index in [-0.39, 0.29) is 18.0 Å². The van der Waals surface area contributed by atoms with Gasteiger partial charge in [0, 0.05) is 16.6 Å². The number of rotatable bonds is 5. The number of likely N-dealkylation sites (N-methyl/N-ethyl adjacent to an activating group) is 1. The second kappa shape index (κ2) is 6.76. The highest BCUT2D eigenvalue weighted by Crippen LogP contribution is 2.19. The minimum absolute atomic E-state index is 0.0707. The lowest BCUT2D eigenvalue weighted by Gasteiger charge is -2.22. The summed E-state index contributed by atoms with van der Waals surface area (Å²) >= 11 is 6.17. The summed E-state index contributed by atoms with van der Waals surface area (Å²) in [6.07, 6.45) is 0. The van der Waals surface area contributed by atoms with Crippen molar-refractivity contribution >= 4 is 17.5 Å². The first-order valence-corrected chi connectivity index (χ1v) is 6.65. The molecule has 2 N–H and O–H groups in total. The first-order chi connectivity index (χ1) is 8.41. The van der Waals surface area contributed by atoms with Crippen molar-refractivity contribution in [2.24, 2.45) is 0 Å². The highest BCUT2D eigenvalue weighted by molar-refractivity contribution is 6.31. The minimum Gasteiger partial charge on any atom is -0.349 e. The summed E-state index contributed by atoms with van der Waals surface area (Å²) in [5.41, 5.74) is 1.08. The number of hydrogen-bond acceptors (Lipinski definition) is 1. The van der Waals surface area contributed by atoms with Crippen LogP contribution in [-0.2, 0) is 4.79 Å². The molecule has 0 bridgehead atoms. The van der Waals surface area contributed by atoms with E-state index in [1.165, 1.54) is 0 Å². The Morgan fingerprint density at radius 2 is 1.94 bits per heavy atom. The van der Waals surface area contributed by atoms with Gasteiger partial charge in [-0.15, -0.1) is 0 Å². The normalized spacial score (nSPS) is 14.3. The number of benzene rings is 1. The molecule has 0 aliphatic carbocycles. The van der Waals surface area contributed by atoms with Crippen LogP contribution in [0.3, 0.4) is 0 Å². The number of hydrogen-bond donors (Lipinski definition) is 2. The summed E-state index contributed by atoms with van der Waals surface area (Å²) in [6, 6.07) is 8.15. The van der Waals surface area contributed by atoms with E-state index in [1.54, 1.807) is 0 Å². The molecule has 3 nitrogen and oxygen atoms in total. The van der Waals surface area contributed by atoms with Gasteiger partial charge in [-0.1, -0.05) is 29.8 Å². The third-order valence-electron chi connectivity index (χ3n) is 3.00. The molecule has 1 unspecified atom stereocenters. The van der Waals surface area contributed by atoms with E-state index in [0.29, 0.717) is 6.54 Å². The van der Waals surface area contributed by atoms with Gasteiger partial charge < -0.3 is 10.2 Å². The van der Waals surface area contributed by atoms with Gasteiger partial charge in [-0.05, 0) is 26.8 Å². The third-order valence-corrected chi connectivity index (χ3v) is 3.34. The van der Waals surface area contributed by atoms with Crippen molar-refractivity contribution in [1.82, 2.24) is 5.32 Å². The van der Waals surface area contributed by atoms with Crippen molar-refractivity contribution in [3.63, 3.8) is 0 Å². The molecule has 0 spiro atoms. The molecule has 0 saturated carbocycles. The van der Waals surface area contributed by atoms with Crippen molar-refractivity contribution in [3.8, 4) is 0 Å². The Morgan fingerprint density at radius 3 is 2.50 bits per heavy atom. The zero-order chi connectivity index (χ0) is 13.7. The van der Waals surface area contributed by atoms with Gasteiger partial charge in [0.2, 0.25) is 0 Å². The van der Waals surface area contributed by atoms with Crippen molar-refractivity contribution in [1.29, 1.82) is 0 Å². The lowest BCUT2D eigenvalue weighted by molar-refractivity contribution is -0.902. The number of halogens is 1. The van der Waals surface area contributed by atoms with Crippen LogP contribution in [0.1, 0.15) is 32.4 Å². The van der Waals surface area contributed by atoms with Gasteiger partial charge in [0.05, 0.1) is 7.05 Å². The number of nitrogens with one attached hydrogen (secondary N) is 2. The predicted octanol–water partition coefficient (Wildman–Crippen LogP) is 1.44. The molecule has 18 heavy (non-hydrogen) atoms. The Morgan fingerprint density at radius 1 is 1.33 bits per heavy atom. The molecule has 4 heteroatoms. The molecule has 2 atom stereocenters. The van der Waals surface area contributed by atoms with Crippen molar-refractivity contribution < 1.29 is 9.69 Å². The van der Waals surface area contributed by atoms with E-state index in [0.717, 1.165) is 15.5 Å². The second-order valence-corrected chi connectivity index (χ2v) is 5.40. The summed E-state index contributed by atoms with van der Waals surface area (Å²) in [4.78, 5) is 12.8. The van der Waals surface area contributed by atoms with E-state index in [4.69, 9.17) is 11.6 Å². The fraction of sp³-hybridized carbons (Fsp3) is 0.500. The molecular weight excluding hydrogens is 248 g/mol. The van der Waals surface area contributed by atoms with Crippen LogP contribution in [-0.4, -0.2) is 25.5 Å². The number of quaternary nitrogens is 1. The molecule has 0 aliphatic rings. The molecule has 100 valence electrons. The van der Waals surface area contributed by atoms with Crippen LogP contribution < -0.4 is 10.2 Å². The predicted molar refractivity (Wildman–Crippen MR) is 74.9 cm³/mol. The second-order valence-electron chi connectivity index (χ2n) is 4.99. The maximum atomic E-state index is 11.7. The smallest absolute Gasteiger partial charge is 0.275 e. The minimum atomic E-state index is 0.0707. The molecule has 1 amide bonds. The lowest BCUT2D eigenvalue weighted by Crippen LogP contribution is -3.10.